The van der Waals surface area contributed by atoms with E-state index in [4.69, 9.17) is 14.2 Å². The molecule has 0 saturated carbocycles. The van der Waals surface area contributed by atoms with Gasteiger partial charge in [-0.3, -0.25) is 9.59 Å². The van der Waals surface area contributed by atoms with Gasteiger partial charge in [0.15, 0.2) is 12.2 Å². The number of halogens is 1. The molecular weight excluding hydrogens is 376 g/mol. The van der Waals surface area contributed by atoms with Crippen molar-refractivity contribution >= 4 is 39.6 Å². The number of carbonyl (C=O) groups is 4. The molecule has 0 radical (unpaired) electrons. The molecule has 0 spiro atoms. The molecule has 0 aliphatic carbocycles. The zero-order valence-corrected chi connectivity index (χ0v) is 14.8. The molecule has 0 aromatic heterocycles. The zero-order chi connectivity index (χ0) is 17.7. The van der Waals surface area contributed by atoms with Crippen LogP contribution in [0.3, 0.4) is 0 Å². The monoisotopic (exact) mass is 394 g/mol. The molecule has 1 heterocycles. The van der Waals surface area contributed by atoms with E-state index in [0.29, 0.717) is 0 Å². The minimum atomic E-state index is -1.28. The highest BCUT2D eigenvalue weighted by Gasteiger charge is 2.52. The minimum absolute atomic E-state index is 0.0134. The van der Waals surface area contributed by atoms with Gasteiger partial charge < -0.3 is 23.7 Å². The Morgan fingerprint density at radius 1 is 1.00 bits per heavy atom. The van der Waals surface area contributed by atoms with Gasteiger partial charge in [-0.05, 0) is 6.92 Å². The van der Waals surface area contributed by atoms with Crippen molar-refractivity contribution in [3.8, 4) is 0 Å². The predicted molar refractivity (Wildman–Crippen MR) is 79.5 cm³/mol. The van der Waals surface area contributed by atoms with Gasteiger partial charge in [0, 0.05) is 26.2 Å². The molecule has 0 N–H and O–H groups in total. The van der Waals surface area contributed by atoms with Crippen LogP contribution in [0.2, 0.25) is 0 Å². The maximum absolute atomic E-state index is 11.9. The van der Waals surface area contributed by atoms with Crippen molar-refractivity contribution in [1.29, 1.82) is 0 Å². The van der Waals surface area contributed by atoms with Crippen molar-refractivity contribution in [2.45, 2.75) is 50.5 Å². The summed E-state index contributed by atoms with van der Waals surface area (Å²) in [5.74, 6) is -2.88. The molecule has 0 aromatic carbocycles. The first kappa shape index (κ1) is 19.6. The number of alkyl halides is 1. The molecule has 1 aliphatic rings. The number of ketones is 1. The van der Waals surface area contributed by atoms with Crippen LogP contribution in [-0.2, 0) is 38.1 Å². The van der Waals surface area contributed by atoms with E-state index < -0.39 is 47.2 Å². The van der Waals surface area contributed by atoms with Crippen molar-refractivity contribution in [3.63, 3.8) is 0 Å². The second-order valence-corrected chi connectivity index (χ2v) is 6.05. The fourth-order valence-electron chi connectivity index (χ4n) is 2.40. The van der Waals surface area contributed by atoms with Crippen LogP contribution in [-0.4, -0.2) is 54.1 Å². The summed E-state index contributed by atoms with van der Waals surface area (Å²) in [5.41, 5.74) is 0. The SMILES string of the molecule is COC(=O)[C@H]1O[C@H](Br)[C@H](CC(C)=O)[C@@H](OC(C)=O)[C@@H]1OC(C)=O. The lowest BCUT2D eigenvalue weighted by atomic mass is 9.88. The van der Waals surface area contributed by atoms with E-state index in [0.717, 1.165) is 14.0 Å². The van der Waals surface area contributed by atoms with Gasteiger partial charge in [0.2, 0.25) is 0 Å². The topological polar surface area (TPSA) is 105 Å². The Hall–Kier alpha value is -1.48. The molecule has 0 amide bonds. The van der Waals surface area contributed by atoms with Gasteiger partial charge in [0.25, 0.3) is 0 Å². The van der Waals surface area contributed by atoms with Crippen LogP contribution in [0.4, 0.5) is 0 Å². The highest BCUT2D eigenvalue weighted by molar-refractivity contribution is 9.09. The maximum Gasteiger partial charge on any atom is 0.339 e. The molecule has 1 saturated heterocycles. The lowest BCUT2D eigenvalue weighted by molar-refractivity contribution is -0.218. The van der Waals surface area contributed by atoms with Gasteiger partial charge in [-0.15, -0.1) is 0 Å². The summed E-state index contributed by atoms with van der Waals surface area (Å²) in [4.78, 5) is 46.1. The largest absolute Gasteiger partial charge is 0.467 e. The molecule has 1 rings (SSSR count). The third-order valence-electron chi connectivity index (χ3n) is 3.22. The van der Waals surface area contributed by atoms with Gasteiger partial charge >= 0.3 is 17.9 Å². The first-order valence-electron chi connectivity index (χ1n) is 6.88. The van der Waals surface area contributed by atoms with Crippen molar-refractivity contribution in [2.24, 2.45) is 5.92 Å². The van der Waals surface area contributed by atoms with Crippen molar-refractivity contribution in [3.05, 3.63) is 0 Å². The Morgan fingerprint density at radius 3 is 1.96 bits per heavy atom. The van der Waals surface area contributed by atoms with Gasteiger partial charge in [-0.2, -0.15) is 0 Å². The van der Waals surface area contributed by atoms with E-state index >= 15 is 0 Å². The molecular formula is C14H19BrO8. The third kappa shape index (κ3) is 5.28. The van der Waals surface area contributed by atoms with Crippen LogP contribution in [0.15, 0.2) is 0 Å². The molecule has 5 atom stereocenters. The molecule has 1 aliphatic heterocycles. The summed E-state index contributed by atoms with van der Waals surface area (Å²) >= 11 is 3.23. The highest BCUT2D eigenvalue weighted by Crippen LogP contribution is 2.36. The Balaban J connectivity index is 3.21. The van der Waals surface area contributed by atoms with Gasteiger partial charge in [-0.25, -0.2) is 4.79 Å². The van der Waals surface area contributed by atoms with E-state index in [-0.39, 0.29) is 12.2 Å². The second-order valence-electron chi connectivity index (χ2n) is 5.15. The van der Waals surface area contributed by atoms with E-state index in [1.807, 2.05) is 0 Å². The van der Waals surface area contributed by atoms with Gasteiger partial charge in [0.05, 0.1) is 7.11 Å². The number of Topliss-reactive ketones (excluding diaryl/α,β-unsaturated/α-hetero) is 1. The number of rotatable bonds is 5. The van der Waals surface area contributed by atoms with E-state index in [9.17, 15) is 19.2 Å². The number of hydrogen-bond donors (Lipinski definition) is 0. The quantitative estimate of drug-likeness (QED) is 0.381. The fraction of sp³-hybridized carbons (Fsp3) is 0.714. The lowest BCUT2D eigenvalue weighted by Gasteiger charge is -2.42. The zero-order valence-electron chi connectivity index (χ0n) is 13.2. The second kappa shape index (κ2) is 8.39. The fourth-order valence-corrected chi connectivity index (χ4v) is 3.12. The predicted octanol–water partition coefficient (Wildman–Crippen LogP) is 0.738. The normalized spacial score (nSPS) is 30.2. The summed E-state index contributed by atoms with van der Waals surface area (Å²) in [6.45, 7) is 3.71. The lowest BCUT2D eigenvalue weighted by Crippen LogP contribution is -2.58. The summed E-state index contributed by atoms with van der Waals surface area (Å²) in [5, 5.41) is -0.758. The molecule has 0 aromatic rings. The van der Waals surface area contributed by atoms with Crippen LogP contribution >= 0.6 is 15.9 Å². The summed E-state index contributed by atoms with van der Waals surface area (Å²) < 4.78 is 20.5. The summed E-state index contributed by atoms with van der Waals surface area (Å²) in [6.07, 6.45) is -3.50. The first-order chi connectivity index (χ1) is 10.7. The van der Waals surface area contributed by atoms with Crippen LogP contribution < -0.4 is 0 Å². The number of carbonyl (C=O) groups excluding carboxylic acids is 4. The molecule has 0 unspecified atom stereocenters. The van der Waals surface area contributed by atoms with Crippen LogP contribution in [0.1, 0.15) is 27.2 Å². The van der Waals surface area contributed by atoms with E-state index in [2.05, 4.69) is 20.7 Å². The smallest absolute Gasteiger partial charge is 0.339 e. The van der Waals surface area contributed by atoms with Crippen molar-refractivity contribution in [1.82, 2.24) is 0 Å². The van der Waals surface area contributed by atoms with Crippen molar-refractivity contribution < 1.29 is 38.1 Å². The first-order valence-corrected chi connectivity index (χ1v) is 7.80. The molecule has 130 valence electrons. The highest BCUT2D eigenvalue weighted by atomic mass is 79.9. The molecule has 1 fully saturated rings. The average Bonchev–Trinajstić information content (AvgIpc) is 2.43. The number of esters is 3. The van der Waals surface area contributed by atoms with Crippen LogP contribution in [0.5, 0.6) is 0 Å². The Kier molecular flexibility index (Phi) is 7.14. The number of methoxy groups -OCH3 is 1. The Morgan fingerprint density at radius 2 is 1.52 bits per heavy atom. The van der Waals surface area contributed by atoms with Gasteiger partial charge in [0.1, 0.15) is 16.9 Å². The molecule has 23 heavy (non-hydrogen) atoms. The standard InChI is InChI=1S/C14H19BrO8/c1-6(16)5-9-10(21-7(2)17)11(22-8(3)18)12(14(19)20-4)23-13(9)15/h9-13H,5H2,1-4H3/t9-,10-,11+,12+,13+/m1/s1. The summed E-state index contributed by atoms with van der Waals surface area (Å²) in [6, 6.07) is 0. The molecule has 0 bridgehead atoms. The van der Waals surface area contributed by atoms with Crippen LogP contribution in [0.25, 0.3) is 0 Å². The number of ether oxygens (including phenoxy) is 4. The van der Waals surface area contributed by atoms with Crippen LogP contribution in [0, 0.1) is 5.92 Å². The average molecular weight is 395 g/mol. The summed E-state index contributed by atoms with van der Waals surface area (Å²) in [7, 11) is 1.16. The Bertz CT molecular complexity index is 491. The molecule has 8 nitrogen and oxygen atoms in total. The van der Waals surface area contributed by atoms with Crippen molar-refractivity contribution in [2.75, 3.05) is 7.11 Å². The van der Waals surface area contributed by atoms with E-state index in [1.165, 1.54) is 13.8 Å². The maximum atomic E-state index is 11.9. The Labute approximate surface area is 141 Å². The van der Waals surface area contributed by atoms with Gasteiger partial charge in [-0.1, -0.05) is 15.9 Å². The number of hydrogen-bond acceptors (Lipinski definition) is 8. The third-order valence-corrected chi connectivity index (χ3v) is 4.11. The minimum Gasteiger partial charge on any atom is -0.467 e. The molecule has 9 heteroatoms. The van der Waals surface area contributed by atoms with E-state index in [1.54, 1.807) is 0 Å².